The fourth-order valence-electron chi connectivity index (χ4n) is 1.95. The minimum atomic E-state index is 0.724. The molecule has 0 saturated carbocycles. The van der Waals surface area contributed by atoms with Crippen LogP contribution in [0.5, 0.6) is 0 Å². The van der Waals surface area contributed by atoms with E-state index in [2.05, 4.69) is 14.7 Å². The number of fused-ring (bicyclic) bond motifs is 3. The van der Waals surface area contributed by atoms with Crippen LogP contribution < -0.4 is 5.32 Å². The Morgan fingerprint density at radius 2 is 2.43 bits per heavy atom. The number of hydrogen-bond donors (Lipinski definition) is 1. The molecule has 0 amide bonds. The van der Waals surface area contributed by atoms with Crippen LogP contribution in [0.4, 0.5) is 0 Å². The molecule has 0 bridgehead atoms. The summed E-state index contributed by atoms with van der Waals surface area (Å²) in [5.74, 6) is 0. The van der Waals surface area contributed by atoms with Gasteiger partial charge >= 0.3 is 0 Å². The van der Waals surface area contributed by atoms with Crippen LogP contribution in [0.25, 0.3) is 5.65 Å². The molecule has 0 atom stereocenters. The summed E-state index contributed by atoms with van der Waals surface area (Å²) in [6.07, 6.45) is 3.05. The molecule has 3 heterocycles. The predicted octanol–water partition coefficient (Wildman–Crippen LogP) is 1.63. The van der Waals surface area contributed by atoms with Crippen molar-refractivity contribution in [3.63, 3.8) is 0 Å². The molecule has 72 valence electrons. The second-order valence-electron chi connectivity index (χ2n) is 3.48. The van der Waals surface area contributed by atoms with Crippen molar-refractivity contribution >= 4 is 17.2 Å². The molecule has 0 spiro atoms. The van der Waals surface area contributed by atoms with Gasteiger partial charge in [-0.05, 0) is 12.1 Å². The maximum absolute atomic E-state index is 6.07. The minimum absolute atomic E-state index is 0.724. The Bertz CT molecular complexity index is 489. The number of rotatable bonds is 0. The highest BCUT2D eigenvalue weighted by Crippen LogP contribution is 2.21. The summed E-state index contributed by atoms with van der Waals surface area (Å²) in [5, 5.41) is 4.03. The second kappa shape index (κ2) is 2.97. The molecule has 1 aliphatic heterocycles. The average Bonchev–Trinajstić information content (AvgIpc) is 2.59. The van der Waals surface area contributed by atoms with Gasteiger partial charge in [0, 0.05) is 31.4 Å². The van der Waals surface area contributed by atoms with Crippen LogP contribution in [-0.2, 0) is 13.0 Å². The lowest BCUT2D eigenvalue weighted by atomic mass is 10.2. The maximum atomic E-state index is 6.07. The first-order chi connectivity index (χ1) is 6.86. The Kier molecular flexibility index (Phi) is 1.75. The SMILES string of the molecule is Clc1cccn2c3c(nc12)CNCC3. The molecular weight excluding hydrogens is 198 g/mol. The van der Waals surface area contributed by atoms with Crippen molar-refractivity contribution in [3.8, 4) is 0 Å². The Morgan fingerprint density at radius 3 is 3.36 bits per heavy atom. The molecule has 14 heavy (non-hydrogen) atoms. The quantitative estimate of drug-likeness (QED) is 0.712. The number of hydrogen-bond acceptors (Lipinski definition) is 2. The van der Waals surface area contributed by atoms with Crippen LogP contribution in [0, 0.1) is 0 Å². The number of nitrogens with zero attached hydrogens (tertiary/aromatic N) is 2. The lowest BCUT2D eigenvalue weighted by Crippen LogP contribution is -2.24. The van der Waals surface area contributed by atoms with Crippen LogP contribution in [-0.4, -0.2) is 15.9 Å². The number of pyridine rings is 1. The smallest absolute Gasteiger partial charge is 0.156 e. The Labute approximate surface area is 86.7 Å². The van der Waals surface area contributed by atoms with E-state index in [-0.39, 0.29) is 0 Å². The van der Waals surface area contributed by atoms with E-state index < -0.39 is 0 Å². The zero-order chi connectivity index (χ0) is 9.54. The number of halogens is 1. The third-order valence-corrected chi connectivity index (χ3v) is 2.91. The van der Waals surface area contributed by atoms with Crippen LogP contribution in [0.15, 0.2) is 18.3 Å². The van der Waals surface area contributed by atoms with E-state index in [0.717, 1.165) is 35.9 Å². The summed E-state index contributed by atoms with van der Waals surface area (Å²) < 4.78 is 2.10. The molecule has 0 radical (unpaired) electrons. The van der Waals surface area contributed by atoms with Gasteiger partial charge in [-0.15, -0.1) is 0 Å². The first-order valence-electron chi connectivity index (χ1n) is 4.71. The van der Waals surface area contributed by atoms with Crippen molar-refractivity contribution in [2.45, 2.75) is 13.0 Å². The summed E-state index contributed by atoms with van der Waals surface area (Å²) in [4.78, 5) is 4.52. The van der Waals surface area contributed by atoms with Crippen LogP contribution in [0.3, 0.4) is 0 Å². The molecule has 2 aromatic rings. The lowest BCUT2D eigenvalue weighted by Gasteiger charge is -2.11. The number of aromatic nitrogens is 2. The standard InChI is InChI=1S/C10H10ClN3/c11-7-2-1-5-14-9-3-4-12-6-8(9)13-10(7)14/h1-2,5,12H,3-4,6H2. The highest BCUT2D eigenvalue weighted by atomic mass is 35.5. The van der Waals surface area contributed by atoms with Gasteiger partial charge in [0.2, 0.25) is 0 Å². The lowest BCUT2D eigenvalue weighted by molar-refractivity contribution is 0.622. The van der Waals surface area contributed by atoms with Gasteiger partial charge in [0.05, 0.1) is 10.7 Å². The molecule has 0 unspecified atom stereocenters. The van der Waals surface area contributed by atoms with E-state index in [1.807, 2.05) is 18.3 Å². The summed E-state index contributed by atoms with van der Waals surface area (Å²) in [6, 6.07) is 3.84. The van der Waals surface area contributed by atoms with Crippen molar-refractivity contribution in [3.05, 3.63) is 34.7 Å². The molecular formula is C10H10ClN3. The van der Waals surface area contributed by atoms with Gasteiger partial charge in [0.25, 0.3) is 0 Å². The first kappa shape index (κ1) is 8.26. The van der Waals surface area contributed by atoms with Crippen molar-refractivity contribution in [1.82, 2.24) is 14.7 Å². The summed E-state index contributed by atoms with van der Waals surface area (Å²) in [6.45, 7) is 1.88. The highest BCUT2D eigenvalue weighted by molar-refractivity contribution is 6.33. The fraction of sp³-hybridized carbons (Fsp3) is 0.300. The van der Waals surface area contributed by atoms with Gasteiger partial charge in [-0.25, -0.2) is 4.98 Å². The molecule has 3 rings (SSSR count). The Balaban J connectivity index is 2.36. The topological polar surface area (TPSA) is 29.3 Å². The number of imidazole rings is 1. The second-order valence-corrected chi connectivity index (χ2v) is 3.89. The zero-order valence-electron chi connectivity index (χ0n) is 7.63. The van der Waals surface area contributed by atoms with Gasteiger partial charge < -0.3 is 9.72 Å². The summed E-state index contributed by atoms with van der Waals surface area (Å²) in [5.41, 5.74) is 3.30. The van der Waals surface area contributed by atoms with Crippen molar-refractivity contribution < 1.29 is 0 Å². The van der Waals surface area contributed by atoms with Crippen molar-refractivity contribution in [2.75, 3.05) is 6.54 Å². The third kappa shape index (κ3) is 1.06. The van der Waals surface area contributed by atoms with E-state index in [4.69, 9.17) is 11.6 Å². The molecule has 1 N–H and O–H groups in total. The van der Waals surface area contributed by atoms with E-state index in [0.29, 0.717) is 0 Å². The zero-order valence-corrected chi connectivity index (χ0v) is 8.38. The van der Waals surface area contributed by atoms with Crippen LogP contribution in [0.2, 0.25) is 5.02 Å². The molecule has 0 aromatic carbocycles. The average molecular weight is 208 g/mol. The van der Waals surface area contributed by atoms with Gasteiger partial charge in [0.1, 0.15) is 0 Å². The molecule has 0 saturated heterocycles. The first-order valence-corrected chi connectivity index (χ1v) is 5.09. The molecule has 4 heteroatoms. The monoisotopic (exact) mass is 207 g/mol. The molecule has 2 aromatic heterocycles. The molecule has 1 aliphatic rings. The van der Waals surface area contributed by atoms with Gasteiger partial charge in [-0.2, -0.15) is 0 Å². The van der Waals surface area contributed by atoms with E-state index >= 15 is 0 Å². The summed E-state index contributed by atoms with van der Waals surface area (Å²) in [7, 11) is 0. The Morgan fingerprint density at radius 1 is 1.50 bits per heavy atom. The molecule has 0 aliphatic carbocycles. The minimum Gasteiger partial charge on any atom is -0.311 e. The van der Waals surface area contributed by atoms with Gasteiger partial charge in [-0.1, -0.05) is 11.6 Å². The van der Waals surface area contributed by atoms with Gasteiger partial charge in [0.15, 0.2) is 5.65 Å². The highest BCUT2D eigenvalue weighted by Gasteiger charge is 2.16. The van der Waals surface area contributed by atoms with E-state index in [1.165, 1.54) is 5.69 Å². The van der Waals surface area contributed by atoms with Crippen molar-refractivity contribution in [1.29, 1.82) is 0 Å². The number of nitrogens with one attached hydrogen (secondary N) is 1. The molecule has 0 fully saturated rings. The largest absolute Gasteiger partial charge is 0.311 e. The fourth-order valence-corrected chi connectivity index (χ4v) is 2.16. The summed E-state index contributed by atoms with van der Waals surface area (Å²) >= 11 is 6.07. The Hall–Kier alpha value is -1.06. The maximum Gasteiger partial charge on any atom is 0.156 e. The normalized spacial score (nSPS) is 15.8. The van der Waals surface area contributed by atoms with Crippen LogP contribution in [0.1, 0.15) is 11.4 Å². The van der Waals surface area contributed by atoms with Crippen LogP contribution >= 0.6 is 11.6 Å². The van der Waals surface area contributed by atoms with Crippen molar-refractivity contribution in [2.24, 2.45) is 0 Å². The molecule has 3 nitrogen and oxygen atoms in total. The van der Waals surface area contributed by atoms with E-state index in [9.17, 15) is 0 Å². The third-order valence-electron chi connectivity index (χ3n) is 2.62. The predicted molar refractivity (Wildman–Crippen MR) is 55.6 cm³/mol. The van der Waals surface area contributed by atoms with E-state index in [1.54, 1.807) is 0 Å². The van der Waals surface area contributed by atoms with Gasteiger partial charge in [-0.3, -0.25) is 0 Å².